The number of aromatic nitrogens is 1. The molecule has 0 unspecified atom stereocenters. The molecule has 0 aliphatic carbocycles. The topological polar surface area (TPSA) is 104 Å². The van der Waals surface area contributed by atoms with Crippen LogP contribution >= 0.6 is 0 Å². The Bertz CT molecular complexity index is 464. The van der Waals surface area contributed by atoms with Crippen molar-refractivity contribution < 1.29 is 9.84 Å². The minimum absolute atomic E-state index is 0.0196. The van der Waals surface area contributed by atoms with Crippen LogP contribution in [0.25, 0.3) is 0 Å². The van der Waals surface area contributed by atoms with Gasteiger partial charge in [-0.25, -0.2) is 4.98 Å². The number of aliphatic hydroxyl groups excluding tert-OH is 1. The fourth-order valence-corrected chi connectivity index (χ4v) is 2.01. The smallest absolute Gasteiger partial charge is 0.151 e. The minimum Gasteiger partial charge on any atom is -0.395 e. The average Bonchev–Trinajstić information content (AvgIpc) is 2.42. The normalized spacial score (nSPS) is 18.0. The Morgan fingerprint density at radius 3 is 2.89 bits per heavy atom. The second-order valence-corrected chi connectivity index (χ2v) is 4.41. The number of ether oxygens (including phenoxy) is 1. The van der Waals surface area contributed by atoms with E-state index in [2.05, 4.69) is 10.3 Å². The molecule has 2 rings (SSSR count). The summed E-state index contributed by atoms with van der Waals surface area (Å²) in [6.45, 7) is 1.16. The SMILES string of the molecule is N#Cc1ccnc(NC2(CO)CCOCC2)c1N. The Morgan fingerprint density at radius 1 is 1.56 bits per heavy atom. The number of hydrogen-bond acceptors (Lipinski definition) is 6. The monoisotopic (exact) mass is 248 g/mol. The molecule has 1 aliphatic rings. The molecule has 0 saturated carbocycles. The zero-order valence-corrected chi connectivity index (χ0v) is 10.0. The summed E-state index contributed by atoms with van der Waals surface area (Å²) in [6.07, 6.45) is 2.89. The Balaban J connectivity index is 2.25. The lowest BCUT2D eigenvalue weighted by Gasteiger charge is -2.37. The maximum atomic E-state index is 9.57. The van der Waals surface area contributed by atoms with Crippen LogP contribution in [0.3, 0.4) is 0 Å². The van der Waals surface area contributed by atoms with Crippen molar-refractivity contribution in [2.45, 2.75) is 18.4 Å². The number of nitrogens with two attached hydrogens (primary N) is 1. The number of aliphatic hydroxyl groups is 1. The van der Waals surface area contributed by atoms with E-state index in [4.69, 9.17) is 15.7 Å². The van der Waals surface area contributed by atoms with Crippen molar-refractivity contribution in [2.75, 3.05) is 30.9 Å². The van der Waals surface area contributed by atoms with Crippen molar-refractivity contribution in [3.63, 3.8) is 0 Å². The number of nitriles is 1. The number of hydrogen-bond donors (Lipinski definition) is 3. The molecule has 18 heavy (non-hydrogen) atoms. The zero-order chi connectivity index (χ0) is 13.0. The van der Waals surface area contributed by atoms with Crippen molar-refractivity contribution >= 4 is 11.5 Å². The highest BCUT2D eigenvalue weighted by atomic mass is 16.5. The Hall–Kier alpha value is -1.84. The van der Waals surface area contributed by atoms with Crippen molar-refractivity contribution in [1.82, 2.24) is 4.98 Å². The summed E-state index contributed by atoms with van der Waals surface area (Å²) in [5, 5.41) is 21.7. The Labute approximate surface area is 105 Å². The maximum Gasteiger partial charge on any atom is 0.151 e. The molecular weight excluding hydrogens is 232 g/mol. The van der Waals surface area contributed by atoms with Gasteiger partial charge in [0.25, 0.3) is 0 Å². The molecule has 0 amide bonds. The van der Waals surface area contributed by atoms with Gasteiger partial charge in [0, 0.05) is 19.4 Å². The summed E-state index contributed by atoms with van der Waals surface area (Å²) in [4.78, 5) is 4.13. The van der Waals surface area contributed by atoms with Gasteiger partial charge in [0.2, 0.25) is 0 Å². The highest BCUT2D eigenvalue weighted by Gasteiger charge is 2.32. The molecule has 0 bridgehead atoms. The van der Waals surface area contributed by atoms with Crippen LogP contribution in [-0.2, 0) is 4.74 Å². The van der Waals surface area contributed by atoms with Gasteiger partial charge in [-0.2, -0.15) is 5.26 Å². The first-order valence-electron chi connectivity index (χ1n) is 5.82. The number of pyridine rings is 1. The summed E-state index contributed by atoms with van der Waals surface area (Å²) in [5.41, 5.74) is 6.10. The molecule has 1 saturated heterocycles. The van der Waals surface area contributed by atoms with E-state index < -0.39 is 5.54 Å². The van der Waals surface area contributed by atoms with E-state index in [0.29, 0.717) is 43.1 Å². The van der Waals surface area contributed by atoms with E-state index in [1.165, 1.54) is 6.20 Å². The first-order valence-corrected chi connectivity index (χ1v) is 5.82. The molecule has 6 nitrogen and oxygen atoms in total. The summed E-state index contributed by atoms with van der Waals surface area (Å²) in [5.74, 6) is 0.449. The van der Waals surface area contributed by atoms with Crippen LogP contribution in [0.1, 0.15) is 18.4 Å². The van der Waals surface area contributed by atoms with Gasteiger partial charge in [-0.1, -0.05) is 0 Å². The van der Waals surface area contributed by atoms with Crippen LogP contribution in [0.4, 0.5) is 11.5 Å². The average molecular weight is 248 g/mol. The first-order chi connectivity index (χ1) is 8.71. The molecule has 0 aromatic carbocycles. The van der Waals surface area contributed by atoms with Crippen LogP contribution in [-0.4, -0.2) is 35.5 Å². The second kappa shape index (κ2) is 5.21. The quantitative estimate of drug-likeness (QED) is 0.719. The van der Waals surface area contributed by atoms with Crippen LogP contribution in [0.2, 0.25) is 0 Å². The molecule has 4 N–H and O–H groups in total. The second-order valence-electron chi connectivity index (χ2n) is 4.41. The van der Waals surface area contributed by atoms with Crippen LogP contribution in [0.15, 0.2) is 12.3 Å². The van der Waals surface area contributed by atoms with Crippen molar-refractivity contribution in [3.8, 4) is 6.07 Å². The van der Waals surface area contributed by atoms with Gasteiger partial charge in [0.15, 0.2) is 5.82 Å². The minimum atomic E-state index is -0.465. The third-order valence-corrected chi connectivity index (χ3v) is 3.25. The molecule has 1 aromatic rings. The highest BCUT2D eigenvalue weighted by molar-refractivity contribution is 5.69. The largest absolute Gasteiger partial charge is 0.395 e. The summed E-state index contributed by atoms with van der Waals surface area (Å²) >= 11 is 0. The van der Waals surface area contributed by atoms with E-state index in [9.17, 15) is 5.11 Å². The fraction of sp³-hybridized carbons (Fsp3) is 0.500. The maximum absolute atomic E-state index is 9.57. The van der Waals surface area contributed by atoms with Crippen molar-refractivity contribution in [1.29, 1.82) is 5.26 Å². The summed E-state index contributed by atoms with van der Waals surface area (Å²) in [6, 6.07) is 3.58. The lowest BCUT2D eigenvalue weighted by atomic mass is 9.91. The van der Waals surface area contributed by atoms with Crippen LogP contribution < -0.4 is 11.1 Å². The predicted octanol–water partition coefficient (Wildman–Crippen LogP) is 0.489. The number of nitrogens with zero attached hydrogens (tertiary/aromatic N) is 2. The standard InChI is InChI=1S/C12H16N4O2/c13-7-9-1-4-15-11(10(9)14)16-12(8-17)2-5-18-6-3-12/h1,4,17H,2-3,5-6,8,14H2,(H,15,16). The molecule has 6 heteroatoms. The van der Waals surface area contributed by atoms with E-state index in [1.807, 2.05) is 6.07 Å². The van der Waals surface area contributed by atoms with Crippen LogP contribution in [0, 0.1) is 11.3 Å². The summed E-state index contributed by atoms with van der Waals surface area (Å²) < 4.78 is 5.28. The van der Waals surface area contributed by atoms with E-state index in [0.717, 1.165) is 0 Å². The number of rotatable bonds is 3. The predicted molar refractivity (Wildman–Crippen MR) is 66.9 cm³/mol. The summed E-state index contributed by atoms with van der Waals surface area (Å²) in [7, 11) is 0. The number of anilines is 2. The Kier molecular flexibility index (Phi) is 3.65. The lowest BCUT2D eigenvalue weighted by molar-refractivity contribution is 0.0379. The molecule has 1 aliphatic heterocycles. The van der Waals surface area contributed by atoms with Crippen LogP contribution in [0.5, 0.6) is 0 Å². The molecule has 0 atom stereocenters. The number of nitrogen functional groups attached to an aromatic ring is 1. The van der Waals surface area contributed by atoms with E-state index in [-0.39, 0.29) is 6.61 Å². The molecule has 0 radical (unpaired) electrons. The molecular formula is C12H16N4O2. The third-order valence-electron chi connectivity index (χ3n) is 3.25. The fourth-order valence-electron chi connectivity index (χ4n) is 2.01. The van der Waals surface area contributed by atoms with Gasteiger partial charge in [-0.3, -0.25) is 0 Å². The van der Waals surface area contributed by atoms with Crippen molar-refractivity contribution in [3.05, 3.63) is 17.8 Å². The molecule has 0 spiro atoms. The Morgan fingerprint density at radius 2 is 2.28 bits per heavy atom. The molecule has 1 aromatic heterocycles. The zero-order valence-electron chi connectivity index (χ0n) is 10.0. The molecule has 1 fully saturated rings. The van der Waals surface area contributed by atoms with Gasteiger partial charge in [-0.15, -0.1) is 0 Å². The number of nitrogens with one attached hydrogen (secondary N) is 1. The van der Waals surface area contributed by atoms with Gasteiger partial charge < -0.3 is 20.9 Å². The van der Waals surface area contributed by atoms with Gasteiger partial charge in [0.1, 0.15) is 6.07 Å². The van der Waals surface area contributed by atoms with E-state index in [1.54, 1.807) is 6.07 Å². The highest BCUT2D eigenvalue weighted by Crippen LogP contribution is 2.28. The molecule has 96 valence electrons. The van der Waals surface area contributed by atoms with Gasteiger partial charge in [0.05, 0.1) is 23.4 Å². The molecule has 2 heterocycles. The van der Waals surface area contributed by atoms with Crippen molar-refractivity contribution in [2.24, 2.45) is 0 Å². The first kappa shape index (κ1) is 12.6. The van der Waals surface area contributed by atoms with Gasteiger partial charge in [-0.05, 0) is 18.9 Å². The van der Waals surface area contributed by atoms with Gasteiger partial charge >= 0.3 is 0 Å². The van der Waals surface area contributed by atoms with E-state index >= 15 is 0 Å². The third kappa shape index (κ3) is 2.37. The lowest BCUT2D eigenvalue weighted by Crippen LogP contribution is -2.47.